The lowest BCUT2D eigenvalue weighted by Gasteiger charge is -2.27. The first-order valence-electron chi connectivity index (χ1n) is 5.08. The Hall–Kier alpha value is -1.94. The second-order valence-corrected chi connectivity index (χ2v) is 3.48. The average molecular weight is 220 g/mol. The van der Waals surface area contributed by atoms with Crippen molar-refractivity contribution < 1.29 is 4.79 Å². The molecule has 0 radical (unpaired) electrons. The van der Waals surface area contributed by atoms with Gasteiger partial charge in [0.2, 0.25) is 0 Å². The Balaban J connectivity index is 2.13. The van der Waals surface area contributed by atoms with Crippen molar-refractivity contribution in [3.05, 3.63) is 11.9 Å². The van der Waals surface area contributed by atoms with Gasteiger partial charge in [-0.3, -0.25) is 4.79 Å². The van der Waals surface area contributed by atoms with Crippen LogP contribution in [0.25, 0.3) is 0 Å². The highest BCUT2D eigenvalue weighted by Crippen LogP contribution is 2.04. The van der Waals surface area contributed by atoms with Crippen LogP contribution in [0.3, 0.4) is 0 Å². The Labute approximate surface area is 92.6 Å². The fourth-order valence-corrected chi connectivity index (χ4v) is 1.64. The Kier molecular flexibility index (Phi) is 3.12. The van der Waals surface area contributed by atoms with Gasteiger partial charge in [0.05, 0.1) is 12.3 Å². The van der Waals surface area contributed by atoms with Crippen LogP contribution in [0.4, 0.5) is 0 Å². The molecule has 0 bridgehead atoms. The van der Waals surface area contributed by atoms with E-state index in [2.05, 4.69) is 15.6 Å². The van der Waals surface area contributed by atoms with Gasteiger partial charge < -0.3 is 10.2 Å². The summed E-state index contributed by atoms with van der Waals surface area (Å²) in [7, 11) is 0. The van der Waals surface area contributed by atoms with Gasteiger partial charge in [-0.15, -0.1) is 5.10 Å². The first-order valence-corrected chi connectivity index (χ1v) is 5.08. The number of nitrogens with one attached hydrogen (secondary N) is 1. The summed E-state index contributed by atoms with van der Waals surface area (Å²) in [5.41, 5.74) is 0.378. The quantitative estimate of drug-likeness (QED) is 0.679. The van der Waals surface area contributed by atoms with Crippen molar-refractivity contribution in [3.63, 3.8) is 0 Å². The summed E-state index contributed by atoms with van der Waals surface area (Å²) in [6.45, 7) is 3.00. The molecule has 1 aromatic rings. The van der Waals surface area contributed by atoms with E-state index < -0.39 is 0 Å². The molecule has 0 spiro atoms. The van der Waals surface area contributed by atoms with Crippen molar-refractivity contribution in [1.29, 1.82) is 5.26 Å². The predicted molar refractivity (Wildman–Crippen MR) is 54.4 cm³/mol. The Bertz CT molecular complexity index is 414. The van der Waals surface area contributed by atoms with Gasteiger partial charge in [-0.25, -0.2) is 4.68 Å². The van der Waals surface area contributed by atoms with E-state index in [-0.39, 0.29) is 12.5 Å². The van der Waals surface area contributed by atoms with E-state index in [1.165, 1.54) is 10.9 Å². The molecule has 1 saturated heterocycles. The molecule has 1 amide bonds. The molecule has 0 aromatic carbocycles. The normalized spacial score (nSPS) is 15.8. The zero-order valence-electron chi connectivity index (χ0n) is 8.76. The zero-order valence-corrected chi connectivity index (χ0v) is 8.76. The highest BCUT2D eigenvalue weighted by Gasteiger charge is 2.21. The number of hydrogen-bond donors (Lipinski definition) is 1. The Morgan fingerprint density at radius 3 is 3.00 bits per heavy atom. The molecule has 7 heteroatoms. The van der Waals surface area contributed by atoms with Gasteiger partial charge in [0.15, 0.2) is 0 Å². The minimum atomic E-state index is -0.109. The van der Waals surface area contributed by atoms with Crippen molar-refractivity contribution in [2.75, 3.05) is 26.2 Å². The number of piperazine rings is 1. The van der Waals surface area contributed by atoms with Crippen molar-refractivity contribution in [3.8, 4) is 6.07 Å². The molecule has 0 atom stereocenters. The molecule has 16 heavy (non-hydrogen) atoms. The number of rotatable bonds is 2. The van der Waals surface area contributed by atoms with Gasteiger partial charge in [0, 0.05) is 26.2 Å². The van der Waals surface area contributed by atoms with Crippen LogP contribution in [0.1, 0.15) is 10.5 Å². The van der Waals surface area contributed by atoms with Crippen LogP contribution >= 0.6 is 0 Å². The van der Waals surface area contributed by atoms with Crippen molar-refractivity contribution in [1.82, 2.24) is 25.2 Å². The first kappa shape index (κ1) is 10.6. The van der Waals surface area contributed by atoms with E-state index in [9.17, 15) is 4.79 Å². The summed E-state index contributed by atoms with van der Waals surface area (Å²) in [6.07, 6.45) is 1.40. The van der Waals surface area contributed by atoms with E-state index in [0.717, 1.165) is 13.1 Å². The Morgan fingerprint density at radius 2 is 2.31 bits per heavy atom. The summed E-state index contributed by atoms with van der Waals surface area (Å²) in [4.78, 5) is 13.8. The summed E-state index contributed by atoms with van der Waals surface area (Å²) >= 11 is 0. The number of nitriles is 1. The molecule has 2 rings (SSSR count). The number of carbonyl (C=O) groups is 1. The number of aromatic nitrogens is 3. The number of carbonyl (C=O) groups excluding carboxylic acids is 1. The maximum atomic E-state index is 12.0. The topological polar surface area (TPSA) is 86.8 Å². The molecule has 84 valence electrons. The summed E-state index contributed by atoms with van der Waals surface area (Å²) in [6, 6.07) is 1.95. The molecular formula is C9H12N6O. The van der Waals surface area contributed by atoms with Crippen LogP contribution in [0, 0.1) is 11.3 Å². The van der Waals surface area contributed by atoms with Crippen molar-refractivity contribution in [2.45, 2.75) is 6.54 Å². The molecule has 7 nitrogen and oxygen atoms in total. The molecule has 2 heterocycles. The summed E-state index contributed by atoms with van der Waals surface area (Å²) < 4.78 is 1.32. The predicted octanol–water partition coefficient (Wildman–Crippen LogP) is -1.15. The number of amides is 1. The van der Waals surface area contributed by atoms with Gasteiger partial charge >= 0.3 is 0 Å². The molecular weight excluding hydrogens is 208 g/mol. The minimum Gasteiger partial charge on any atom is -0.335 e. The second-order valence-electron chi connectivity index (χ2n) is 3.48. The van der Waals surface area contributed by atoms with E-state index >= 15 is 0 Å². The maximum Gasteiger partial charge on any atom is 0.273 e. The summed E-state index contributed by atoms with van der Waals surface area (Å²) in [5, 5.41) is 19.1. The number of hydrogen-bond acceptors (Lipinski definition) is 5. The average Bonchev–Trinajstić information content (AvgIpc) is 2.78. The third kappa shape index (κ3) is 2.01. The van der Waals surface area contributed by atoms with Crippen LogP contribution in [-0.2, 0) is 6.54 Å². The van der Waals surface area contributed by atoms with Crippen LogP contribution < -0.4 is 5.32 Å². The fraction of sp³-hybridized carbons (Fsp3) is 0.556. The molecule has 0 unspecified atom stereocenters. The van der Waals surface area contributed by atoms with Crippen molar-refractivity contribution in [2.24, 2.45) is 0 Å². The van der Waals surface area contributed by atoms with Crippen molar-refractivity contribution >= 4 is 5.91 Å². The zero-order chi connectivity index (χ0) is 11.4. The molecule has 0 saturated carbocycles. The highest BCUT2D eigenvalue weighted by atomic mass is 16.2. The molecule has 1 aliphatic heterocycles. The third-order valence-corrected chi connectivity index (χ3v) is 2.46. The SMILES string of the molecule is N#CCn1nncc1C(=O)N1CCNCC1. The molecule has 1 aliphatic rings. The molecule has 0 aliphatic carbocycles. The van der Waals surface area contributed by atoms with Crippen LogP contribution in [0.15, 0.2) is 6.20 Å². The smallest absolute Gasteiger partial charge is 0.273 e. The third-order valence-electron chi connectivity index (χ3n) is 2.46. The van der Waals surface area contributed by atoms with Crippen LogP contribution in [-0.4, -0.2) is 52.0 Å². The lowest BCUT2D eigenvalue weighted by atomic mass is 10.3. The molecule has 1 N–H and O–H groups in total. The standard InChI is InChI=1S/C9H12N6O/c10-1-4-15-8(7-12-13-15)9(16)14-5-2-11-3-6-14/h7,11H,2-6H2. The van der Waals surface area contributed by atoms with E-state index in [4.69, 9.17) is 5.26 Å². The summed E-state index contributed by atoms with van der Waals surface area (Å²) in [5.74, 6) is -0.109. The van der Waals surface area contributed by atoms with Gasteiger partial charge in [-0.05, 0) is 0 Å². The van der Waals surface area contributed by atoms with Gasteiger partial charge in [0.25, 0.3) is 5.91 Å². The minimum absolute atomic E-state index is 0.0488. The molecule has 1 fully saturated rings. The van der Waals surface area contributed by atoms with Gasteiger partial charge in [-0.1, -0.05) is 5.21 Å². The monoisotopic (exact) mass is 220 g/mol. The fourth-order valence-electron chi connectivity index (χ4n) is 1.64. The van der Waals surface area contributed by atoms with Gasteiger partial charge in [0.1, 0.15) is 12.2 Å². The van der Waals surface area contributed by atoms with E-state index in [0.29, 0.717) is 18.8 Å². The molecule has 1 aromatic heterocycles. The van der Waals surface area contributed by atoms with Crippen LogP contribution in [0.2, 0.25) is 0 Å². The second kappa shape index (κ2) is 4.72. The number of nitrogens with zero attached hydrogens (tertiary/aromatic N) is 5. The highest BCUT2D eigenvalue weighted by molar-refractivity contribution is 5.92. The maximum absolute atomic E-state index is 12.0. The largest absolute Gasteiger partial charge is 0.335 e. The lowest BCUT2D eigenvalue weighted by Crippen LogP contribution is -2.46. The van der Waals surface area contributed by atoms with Crippen LogP contribution in [0.5, 0.6) is 0 Å². The van der Waals surface area contributed by atoms with Gasteiger partial charge in [-0.2, -0.15) is 5.26 Å². The Morgan fingerprint density at radius 1 is 1.56 bits per heavy atom. The first-order chi connectivity index (χ1) is 7.83. The van der Waals surface area contributed by atoms with E-state index in [1.54, 1.807) is 4.90 Å². The van der Waals surface area contributed by atoms with E-state index in [1.807, 2.05) is 6.07 Å². The lowest BCUT2D eigenvalue weighted by molar-refractivity contribution is 0.0724.